The fraction of sp³-hybridized carbons (Fsp3) is 0.587. The molecule has 0 saturated heterocycles. The minimum atomic E-state index is -4.31. The molecule has 0 heterocycles. The van der Waals surface area contributed by atoms with Crippen LogP contribution in [0.25, 0.3) is 0 Å². The molecule has 0 amide bonds. The van der Waals surface area contributed by atoms with E-state index in [2.05, 4.69) is 123 Å². The van der Waals surface area contributed by atoms with Gasteiger partial charge in [-0.25, -0.2) is 4.57 Å². The number of ether oxygens (including phenoxy) is 2. The number of allylic oxidation sites excluding steroid dienone is 17. The van der Waals surface area contributed by atoms with E-state index in [9.17, 15) is 14.3 Å². The summed E-state index contributed by atoms with van der Waals surface area (Å²) in [6, 6.07) is 0. The van der Waals surface area contributed by atoms with Crippen molar-refractivity contribution in [1.29, 1.82) is 0 Å². The van der Waals surface area contributed by atoms with Gasteiger partial charge in [0.15, 0.2) is 0 Å². The third kappa shape index (κ3) is 42.1. The molecule has 312 valence electrons. The molecule has 2 atom stereocenters. The molecule has 0 aliphatic rings. The number of nitrogens with zero attached hydrogens (tertiary/aromatic N) is 1. The van der Waals surface area contributed by atoms with E-state index in [1.165, 1.54) is 0 Å². The Balaban J connectivity index is 4.47. The maximum atomic E-state index is 12.7. The molecule has 0 aliphatic carbocycles. The van der Waals surface area contributed by atoms with Gasteiger partial charge in [0, 0.05) is 6.42 Å². The lowest BCUT2D eigenvalue weighted by molar-refractivity contribution is -0.870. The molecule has 0 rings (SSSR count). The molecule has 0 saturated carbocycles. The summed E-state index contributed by atoms with van der Waals surface area (Å²) in [6.07, 6.45) is 52.9. The summed E-state index contributed by atoms with van der Waals surface area (Å²) in [5.74, 6) is -0.368. The number of unbranched alkanes of at least 4 members (excludes halogenated alkanes) is 4. The van der Waals surface area contributed by atoms with Crippen LogP contribution in [0.2, 0.25) is 0 Å². The molecule has 0 aliphatic heterocycles. The zero-order chi connectivity index (χ0) is 40.6. The number of likely N-dealkylation sites (N-methyl/N-ethyl adjacent to an activating group) is 1. The second kappa shape index (κ2) is 38.1. The Morgan fingerprint density at radius 3 is 1.47 bits per heavy atom. The Kier molecular flexibility index (Phi) is 36.1. The number of rotatable bonds is 36. The number of hydrogen-bond acceptors (Lipinski definition) is 6. The van der Waals surface area contributed by atoms with Gasteiger partial charge in [-0.15, -0.1) is 0 Å². The predicted octanol–water partition coefficient (Wildman–Crippen LogP) is 12.0. The highest BCUT2D eigenvalue weighted by molar-refractivity contribution is 7.47. The van der Waals surface area contributed by atoms with Gasteiger partial charge in [-0.1, -0.05) is 136 Å². The van der Waals surface area contributed by atoms with Gasteiger partial charge in [0.25, 0.3) is 0 Å². The maximum Gasteiger partial charge on any atom is 0.472 e. The van der Waals surface area contributed by atoms with Crippen molar-refractivity contribution in [3.63, 3.8) is 0 Å². The van der Waals surface area contributed by atoms with E-state index in [4.69, 9.17) is 18.5 Å². The number of esters is 1. The SMILES string of the molecule is CC/C=C\C/C=C\C/C=C\C/C=C\C/C=C\CCOCC(COP(=O)(O)OCC[N+](C)(C)C)OC(=O)CCCCCC/C=C\C/C=C\C/C=C\C/C=C\CC. The first-order valence-electron chi connectivity index (χ1n) is 20.6. The molecular formula is C46H77NO7P+. The van der Waals surface area contributed by atoms with Crippen LogP contribution in [-0.2, 0) is 27.9 Å². The summed E-state index contributed by atoms with van der Waals surface area (Å²) in [5.41, 5.74) is 0. The fourth-order valence-electron chi connectivity index (χ4n) is 4.72. The first-order chi connectivity index (χ1) is 26.6. The van der Waals surface area contributed by atoms with Crippen molar-refractivity contribution in [2.75, 3.05) is 54.1 Å². The Labute approximate surface area is 336 Å². The van der Waals surface area contributed by atoms with Crippen LogP contribution in [0.4, 0.5) is 0 Å². The first-order valence-corrected chi connectivity index (χ1v) is 22.1. The van der Waals surface area contributed by atoms with E-state index in [-0.39, 0.29) is 32.2 Å². The largest absolute Gasteiger partial charge is 0.472 e. The van der Waals surface area contributed by atoms with Crippen molar-refractivity contribution < 1.29 is 37.3 Å². The van der Waals surface area contributed by atoms with Crippen molar-refractivity contribution in [1.82, 2.24) is 0 Å². The number of phosphoric ester groups is 1. The summed E-state index contributed by atoms with van der Waals surface area (Å²) in [7, 11) is 1.58. The monoisotopic (exact) mass is 787 g/mol. The Bertz CT molecular complexity index is 1240. The molecule has 0 fully saturated rings. The number of hydrogen-bond donors (Lipinski definition) is 1. The number of carbonyl (C=O) groups excluding carboxylic acids is 1. The Morgan fingerprint density at radius 1 is 0.564 bits per heavy atom. The predicted molar refractivity (Wildman–Crippen MR) is 233 cm³/mol. The molecule has 0 aromatic carbocycles. The molecule has 0 aromatic heterocycles. The summed E-state index contributed by atoms with van der Waals surface area (Å²) < 4.78 is 34.8. The quantitative estimate of drug-likeness (QED) is 0.0222. The van der Waals surface area contributed by atoms with Crippen LogP contribution < -0.4 is 0 Å². The van der Waals surface area contributed by atoms with Crippen molar-refractivity contribution in [3.8, 4) is 0 Å². The topological polar surface area (TPSA) is 91.3 Å². The maximum absolute atomic E-state index is 12.7. The van der Waals surface area contributed by atoms with E-state index >= 15 is 0 Å². The van der Waals surface area contributed by atoms with Crippen LogP contribution in [0.1, 0.15) is 117 Å². The summed E-state index contributed by atoms with van der Waals surface area (Å²) in [6.45, 7) is 5.08. The number of phosphoric acid groups is 1. The lowest BCUT2D eigenvalue weighted by Gasteiger charge is -2.24. The van der Waals surface area contributed by atoms with Crippen molar-refractivity contribution in [2.45, 2.75) is 123 Å². The van der Waals surface area contributed by atoms with Gasteiger partial charge < -0.3 is 18.9 Å². The van der Waals surface area contributed by atoms with Gasteiger partial charge >= 0.3 is 13.8 Å². The third-order valence-electron chi connectivity index (χ3n) is 7.85. The molecule has 9 heteroatoms. The Hall–Kier alpha value is -2.84. The zero-order valence-electron chi connectivity index (χ0n) is 35.1. The van der Waals surface area contributed by atoms with Crippen LogP contribution in [0.5, 0.6) is 0 Å². The van der Waals surface area contributed by atoms with Crippen LogP contribution in [0.15, 0.2) is 109 Å². The van der Waals surface area contributed by atoms with E-state index in [0.29, 0.717) is 24.1 Å². The Morgan fingerprint density at radius 2 is 1.00 bits per heavy atom. The van der Waals surface area contributed by atoms with Crippen LogP contribution in [0.3, 0.4) is 0 Å². The van der Waals surface area contributed by atoms with Crippen LogP contribution in [0, 0.1) is 0 Å². The molecular weight excluding hydrogens is 709 g/mol. The highest BCUT2D eigenvalue weighted by atomic mass is 31.2. The summed E-state index contributed by atoms with van der Waals surface area (Å²) in [5, 5.41) is 0. The molecule has 55 heavy (non-hydrogen) atoms. The molecule has 0 radical (unpaired) electrons. The van der Waals surface area contributed by atoms with Crippen LogP contribution in [-0.4, -0.2) is 75.6 Å². The van der Waals surface area contributed by atoms with E-state index in [1.54, 1.807) is 0 Å². The average Bonchev–Trinajstić information content (AvgIpc) is 3.13. The summed E-state index contributed by atoms with van der Waals surface area (Å²) in [4.78, 5) is 22.8. The third-order valence-corrected chi connectivity index (χ3v) is 8.83. The molecule has 2 unspecified atom stereocenters. The number of quaternary nitrogens is 1. The van der Waals surface area contributed by atoms with E-state index in [0.717, 1.165) is 89.9 Å². The van der Waals surface area contributed by atoms with Gasteiger partial charge in [-0.2, -0.15) is 0 Å². The normalized spacial score (nSPS) is 14.9. The molecule has 0 bridgehead atoms. The summed E-state index contributed by atoms with van der Waals surface area (Å²) >= 11 is 0. The van der Waals surface area contributed by atoms with Gasteiger partial charge in [0.1, 0.15) is 19.3 Å². The minimum absolute atomic E-state index is 0.0597. The molecule has 0 spiro atoms. The molecule has 1 N–H and O–H groups in total. The highest BCUT2D eigenvalue weighted by Gasteiger charge is 2.26. The molecule has 0 aromatic rings. The second-order valence-corrected chi connectivity index (χ2v) is 15.7. The minimum Gasteiger partial charge on any atom is -0.457 e. The van der Waals surface area contributed by atoms with Gasteiger partial charge in [-0.05, 0) is 83.5 Å². The average molecular weight is 787 g/mol. The van der Waals surface area contributed by atoms with Crippen molar-refractivity contribution in [3.05, 3.63) is 109 Å². The van der Waals surface area contributed by atoms with Crippen molar-refractivity contribution >= 4 is 13.8 Å². The molecule has 8 nitrogen and oxygen atoms in total. The van der Waals surface area contributed by atoms with Crippen molar-refractivity contribution in [2.24, 2.45) is 0 Å². The smallest absolute Gasteiger partial charge is 0.457 e. The first kappa shape index (κ1) is 52.2. The lowest BCUT2D eigenvalue weighted by atomic mass is 10.1. The number of carbonyl (C=O) groups is 1. The van der Waals surface area contributed by atoms with E-state index < -0.39 is 13.9 Å². The standard InChI is InChI=1S/C46H76NO7P/c1-6-8-10-12-14-16-18-20-22-24-25-27-29-31-33-35-37-39-46(48)54-45(44-53-55(49,50)52-42-40-47(3,4)5)43-51-41-38-36-34-32-30-28-26-23-21-19-17-15-13-11-9-7-2/h8-11,14-17,20-23,25,27-28,30,34,36,45H,6-7,12-13,18-19,24,26,29,31-33,35,37-44H2,1-5H3/p+1/b10-8-,11-9-,16-14-,17-15-,22-20-,23-21-,27-25-,30-28-,36-34-. The van der Waals surface area contributed by atoms with E-state index in [1.807, 2.05) is 21.1 Å². The van der Waals surface area contributed by atoms with Crippen LogP contribution >= 0.6 is 7.82 Å². The fourth-order valence-corrected chi connectivity index (χ4v) is 5.46. The van der Waals surface area contributed by atoms with Gasteiger partial charge in [0.2, 0.25) is 0 Å². The van der Waals surface area contributed by atoms with Gasteiger partial charge in [-0.3, -0.25) is 13.8 Å². The zero-order valence-corrected chi connectivity index (χ0v) is 36.0. The second-order valence-electron chi connectivity index (χ2n) is 14.2. The highest BCUT2D eigenvalue weighted by Crippen LogP contribution is 2.43. The van der Waals surface area contributed by atoms with Gasteiger partial charge in [0.05, 0.1) is 41.0 Å². The lowest BCUT2D eigenvalue weighted by Crippen LogP contribution is -2.37.